The van der Waals surface area contributed by atoms with E-state index in [1.165, 1.54) is 48.5 Å². The van der Waals surface area contributed by atoms with E-state index in [0.29, 0.717) is 24.4 Å². The quantitative estimate of drug-likeness (QED) is 0.551. The van der Waals surface area contributed by atoms with E-state index in [2.05, 4.69) is 48.0 Å². The van der Waals surface area contributed by atoms with Gasteiger partial charge in [0.25, 0.3) is 0 Å². The molecule has 3 aromatic rings. The van der Waals surface area contributed by atoms with Gasteiger partial charge < -0.3 is 24.5 Å². The van der Waals surface area contributed by atoms with Crippen LogP contribution in [-0.4, -0.2) is 36.3 Å². The topological polar surface area (TPSA) is 72.7 Å². The first-order chi connectivity index (χ1) is 14.5. The number of phenolic OH excluding ortho intramolecular Hbond substituents is 1. The molecule has 0 aliphatic carbocycles. The number of hydrogen-bond donors (Lipinski definition) is 2. The van der Waals surface area contributed by atoms with E-state index < -0.39 is 0 Å². The van der Waals surface area contributed by atoms with Gasteiger partial charge in [0.15, 0.2) is 11.5 Å². The number of amides is 1. The van der Waals surface area contributed by atoms with Crippen molar-refractivity contribution in [1.29, 1.82) is 0 Å². The molecule has 30 heavy (non-hydrogen) atoms. The second-order valence-corrected chi connectivity index (χ2v) is 7.08. The van der Waals surface area contributed by atoms with Crippen molar-refractivity contribution in [2.24, 2.45) is 0 Å². The van der Waals surface area contributed by atoms with Crippen LogP contribution in [0.3, 0.4) is 0 Å². The van der Waals surface area contributed by atoms with Gasteiger partial charge in [-0.1, -0.05) is 13.0 Å². The number of phenols is 1. The summed E-state index contributed by atoms with van der Waals surface area (Å²) in [5, 5.41) is 14.2. The van der Waals surface area contributed by atoms with Crippen molar-refractivity contribution in [3.05, 3.63) is 59.3 Å². The number of rotatable bonds is 8. The molecule has 2 N–H and O–H groups in total. The molecule has 0 unspecified atom stereocenters. The molecule has 3 rings (SSSR count). The number of nitrogens with zero attached hydrogens (tertiary/aromatic N) is 1. The molecule has 0 saturated heterocycles. The van der Waals surface area contributed by atoms with E-state index in [-0.39, 0.29) is 17.4 Å². The molecular formula is C24H28N2O4. The molecule has 0 aliphatic heterocycles. The van der Waals surface area contributed by atoms with Crippen molar-refractivity contribution < 1.29 is 19.4 Å². The lowest BCUT2D eigenvalue weighted by Gasteiger charge is -2.10. The van der Waals surface area contributed by atoms with Gasteiger partial charge in [0.05, 0.1) is 14.2 Å². The summed E-state index contributed by atoms with van der Waals surface area (Å²) in [5.74, 6) is 0.419. The van der Waals surface area contributed by atoms with Crippen molar-refractivity contribution in [2.45, 2.75) is 26.8 Å². The number of carbonyl (C=O) groups is 1. The molecule has 2 aromatic carbocycles. The minimum atomic E-state index is -0.202. The number of methoxy groups -OCH3 is 2. The van der Waals surface area contributed by atoms with Gasteiger partial charge >= 0.3 is 0 Å². The molecule has 1 amide bonds. The highest BCUT2D eigenvalue weighted by molar-refractivity contribution is 5.92. The molecule has 6 nitrogen and oxygen atoms in total. The molecule has 0 spiro atoms. The number of fused-ring (bicyclic) bond motifs is 1. The zero-order chi connectivity index (χ0) is 21.7. The smallest absolute Gasteiger partial charge is 0.244 e. The third-order valence-electron chi connectivity index (χ3n) is 5.12. The highest BCUT2D eigenvalue weighted by Crippen LogP contribution is 2.37. The van der Waals surface area contributed by atoms with Crippen LogP contribution in [0.2, 0.25) is 0 Å². The van der Waals surface area contributed by atoms with E-state index in [9.17, 15) is 9.90 Å². The van der Waals surface area contributed by atoms with Gasteiger partial charge in [0, 0.05) is 35.8 Å². The van der Waals surface area contributed by atoms with Gasteiger partial charge in [-0.2, -0.15) is 0 Å². The van der Waals surface area contributed by atoms with Crippen LogP contribution in [0, 0.1) is 6.92 Å². The first-order valence-corrected chi connectivity index (χ1v) is 9.96. The third kappa shape index (κ3) is 4.59. The Kier molecular flexibility index (Phi) is 6.67. The fourth-order valence-electron chi connectivity index (χ4n) is 3.56. The van der Waals surface area contributed by atoms with Crippen LogP contribution in [0.15, 0.2) is 42.5 Å². The van der Waals surface area contributed by atoms with Gasteiger partial charge in [-0.05, 0) is 60.9 Å². The maximum atomic E-state index is 12.2. The molecule has 0 saturated carbocycles. The maximum absolute atomic E-state index is 12.2. The molecule has 1 aromatic heterocycles. The Hall–Kier alpha value is -3.41. The average Bonchev–Trinajstić information content (AvgIpc) is 3.05. The molecule has 158 valence electrons. The van der Waals surface area contributed by atoms with Crippen LogP contribution in [0.25, 0.3) is 17.0 Å². The van der Waals surface area contributed by atoms with Crippen LogP contribution in [0.1, 0.15) is 23.7 Å². The summed E-state index contributed by atoms with van der Waals surface area (Å²) >= 11 is 0. The van der Waals surface area contributed by atoms with Gasteiger partial charge in [0.2, 0.25) is 11.7 Å². The molecular weight excluding hydrogens is 380 g/mol. The van der Waals surface area contributed by atoms with Gasteiger partial charge in [-0.3, -0.25) is 4.79 Å². The van der Waals surface area contributed by atoms with E-state index in [1.54, 1.807) is 12.1 Å². The number of hydrogen-bond acceptors (Lipinski definition) is 4. The monoisotopic (exact) mass is 408 g/mol. The molecule has 0 aliphatic rings. The van der Waals surface area contributed by atoms with Gasteiger partial charge in [-0.25, -0.2) is 0 Å². The standard InChI is InChI=1S/C24H28N2O4/c1-5-17-6-8-20-19(13-17)12-16(2)26(20)11-10-25-23(28)9-7-18-14-21(27)24(30-4)22(15-18)29-3/h6-9,12-15,27H,5,10-11H2,1-4H3,(H,25,28). The number of aryl methyl sites for hydroxylation is 2. The lowest BCUT2D eigenvalue weighted by Crippen LogP contribution is -2.25. The van der Waals surface area contributed by atoms with E-state index in [1.807, 2.05) is 0 Å². The maximum Gasteiger partial charge on any atom is 0.244 e. The summed E-state index contributed by atoms with van der Waals surface area (Å²) in [5.41, 5.74) is 4.30. The Morgan fingerprint density at radius 3 is 2.67 bits per heavy atom. The predicted octanol–water partition coefficient (Wildman–Crippen LogP) is 4.06. The zero-order valence-electron chi connectivity index (χ0n) is 17.9. The Labute approximate surface area is 176 Å². The van der Waals surface area contributed by atoms with Crippen molar-refractivity contribution >= 4 is 22.9 Å². The second-order valence-electron chi connectivity index (χ2n) is 7.08. The molecule has 0 fully saturated rings. The Balaban J connectivity index is 1.62. The molecule has 1 heterocycles. The van der Waals surface area contributed by atoms with E-state index in [4.69, 9.17) is 9.47 Å². The summed E-state index contributed by atoms with van der Waals surface area (Å²) in [6, 6.07) is 11.9. The summed E-state index contributed by atoms with van der Waals surface area (Å²) in [6.07, 6.45) is 4.08. The van der Waals surface area contributed by atoms with Crippen LogP contribution >= 0.6 is 0 Å². The van der Waals surface area contributed by atoms with Crippen LogP contribution in [-0.2, 0) is 17.8 Å². The number of aromatic nitrogens is 1. The van der Waals surface area contributed by atoms with Crippen LogP contribution in [0.5, 0.6) is 17.2 Å². The Bertz CT molecular complexity index is 1080. The Morgan fingerprint density at radius 1 is 1.17 bits per heavy atom. The number of carbonyl (C=O) groups excluding carboxylic acids is 1. The lowest BCUT2D eigenvalue weighted by molar-refractivity contribution is -0.116. The van der Waals surface area contributed by atoms with Crippen molar-refractivity contribution in [2.75, 3.05) is 20.8 Å². The predicted molar refractivity (Wildman–Crippen MR) is 119 cm³/mol. The molecule has 0 atom stereocenters. The minimum absolute atomic E-state index is 0.0434. The van der Waals surface area contributed by atoms with Gasteiger partial charge in [-0.15, -0.1) is 0 Å². The highest BCUT2D eigenvalue weighted by atomic mass is 16.5. The van der Waals surface area contributed by atoms with Crippen molar-refractivity contribution in [3.63, 3.8) is 0 Å². The van der Waals surface area contributed by atoms with Crippen LogP contribution < -0.4 is 14.8 Å². The fraction of sp³-hybridized carbons (Fsp3) is 0.292. The van der Waals surface area contributed by atoms with E-state index >= 15 is 0 Å². The number of nitrogens with one attached hydrogen (secondary N) is 1. The number of benzene rings is 2. The summed E-state index contributed by atoms with van der Waals surface area (Å²) in [6.45, 7) is 5.44. The summed E-state index contributed by atoms with van der Waals surface area (Å²) < 4.78 is 12.5. The third-order valence-corrected chi connectivity index (χ3v) is 5.12. The number of aromatic hydroxyl groups is 1. The molecule has 0 bridgehead atoms. The normalized spacial score (nSPS) is 11.2. The minimum Gasteiger partial charge on any atom is -0.504 e. The first-order valence-electron chi connectivity index (χ1n) is 9.96. The summed E-state index contributed by atoms with van der Waals surface area (Å²) in [4.78, 5) is 12.2. The summed E-state index contributed by atoms with van der Waals surface area (Å²) in [7, 11) is 2.95. The second kappa shape index (κ2) is 9.39. The first kappa shape index (κ1) is 21.3. The Morgan fingerprint density at radius 2 is 1.97 bits per heavy atom. The largest absolute Gasteiger partial charge is 0.504 e. The van der Waals surface area contributed by atoms with Crippen molar-refractivity contribution in [3.8, 4) is 17.2 Å². The van der Waals surface area contributed by atoms with E-state index in [0.717, 1.165) is 6.42 Å². The highest BCUT2D eigenvalue weighted by Gasteiger charge is 2.11. The number of ether oxygens (including phenoxy) is 2. The molecule has 0 radical (unpaired) electrons. The van der Waals surface area contributed by atoms with Crippen LogP contribution in [0.4, 0.5) is 0 Å². The SMILES string of the molecule is CCc1ccc2c(c1)cc(C)n2CCNC(=O)C=Cc1cc(O)c(OC)c(OC)c1. The zero-order valence-corrected chi connectivity index (χ0v) is 17.9. The average molecular weight is 408 g/mol. The van der Waals surface area contributed by atoms with Gasteiger partial charge in [0.1, 0.15) is 0 Å². The lowest BCUT2D eigenvalue weighted by atomic mass is 10.1. The molecule has 6 heteroatoms. The van der Waals surface area contributed by atoms with Crippen molar-refractivity contribution in [1.82, 2.24) is 9.88 Å². The fourth-order valence-corrected chi connectivity index (χ4v) is 3.56.